The van der Waals surface area contributed by atoms with Crippen LogP contribution in [0.3, 0.4) is 0 Å². The van der Waals surface area contributed by atoms with E-state index in [0.717, 1.165) is 46.0 Å². The molecule has 0 spiro atoms. The SMILES string of the molecule is CC(C)c1cccc(N(c2cccc(C(C)C)n2)c2cccc(N(c3cccc(C(C)C)n3)c3cccc(C(C)C)n3)n2)n1. The number of pyridine rings is 5. The van der Waals surface area contributed by atoms with Gasteiger partial charge in [-0.05, 0) is 84.3 Å². The maximum Gasteiger partial charge on any atom is 0.142 e. The molecule has 0 radical (unpaired) electrons. The second-order valence-electron chi connectivity index (χ2n) is 12.3. The first kappa shape index (κ1) is 30.8. The number of aromatic nitrogens is 5. The molecule has 7 nitrogen and oxygen atoms in total. The number of rotatable bonds is 10. The van der Waals surface area contributed by atoms with Crippen molar-refractivity contribution in [2.45, 2.75) is 79.1 Å². The van der Waals surface area contributed by atoms with E-state index >= 15 is 0 Å². The maximum atomic E-state index is 5.27. The molecule has 5 aromatic heterocycles. The van der Waals surface area contributed by atoms with E-state index in [9.17, 15) is 0 Å². The molecule has 226 valence electrons. The van der Waals surface area contributed by atoms with Gasteiger partial charge in [-0.2, -0.15) is 0 Å². The fourth-order valence-electron chi connectivity index (χ4n) is 4.91. The summed E-state index contributed by atoms with van der Waals surface area (Å²) >= 11 is 0. The lowest BCUT2D eigenvalue weighted by Gasteiger charge is -2.27. The summed E-state index contributed by atoms with van der Waals surface area (Å²) in [4.78, 5) is 29.6. The lowest BCUT2D eigenvalue weighted by atomic mass is 10.1. The van der Waals surface area contributed by atoms with Crippen LogP contribution in [0.2, 0.25) is 0 Å². The summed E-state index contributed by atoms with van der Waals surface area (Å²) in [7, 11) is 0. The topological polar surface area (TPSA) is 70.9 Å². The van der Waals surface area contributed by atoms with E-state index in [-0.39, 0.29) is 23.7 Å². The molecule has 0 saturated carbocycles. The zero-order chi connectivity index (χ0) is 31.4. The standard InChI is InChI=1S/C37H43N7/c1-24(2)28-14-9-18-32(38-28)43(33-19-10-15-29(39-33)25(3)4)36-22-13-23-37(42-36)44(34-20-11-16-30(40-34)26(5)6)35-21-12-17-31(41-35)27(7)8/h9-27H,1-8H3. The Morgan fingerprint density at radius 1 is 0.318 bits per heavy atom. The predicted octanol–water partition coefficient (Wildman–Crippen LogP) is 10.1. The van der Waals surface area contributed by atoms with Gasteiger partial charge in [0.25, 0.3) is 0 Å². The second kappa shape index (κ2) is 13.3. The summed E-state index contributed by atoms with van der Waals surface area (Å²) in [5.41, 5.74) is 4.04. The third-order valence-corrected chi connectivity index (χ3v) is 7.48. The molecule has 0 aliphatic heterocycles. The van der Waals surface area contributed by atoms with Gasteiger partial charge in [0.05, 0.1) is 0 Å². The molecule has 0 aliphatic rings. The van der Waals surface area contributed by atoms with Gasteiger partial charge in [-0.3, -0.25) is 9.80 Å². The van der Waals surface area contributed by atoms with Gasteiger partial charge in [0.15, 0.2) is 0 Å². The molecule has 5 aromatic rings. The summed E-state index contributed by atoms with van der Waals surface area (Å²) in [5.74, 6) is 5.58. The van der Waals surface area contributed by atoms with Gasteiger partial charge in [0, 0.05) is 22.8 Å². The van der Waals surface area contributed by atoms with Crippen LogP contribution in [-0.4, -0.2) is 24.9 Å². The smallest absolute Gasteiger partial charge is 0.142 e. The third kappa shape index (κ3) is 6.77. The molecular weight excluding hydrogens is 542 g/mol. The predicted molar refractivity (Wildman–Crippen MR) is 181 cm³/mol. The van der Waals surface area contributed by atoms with Crippen molar-refractivity contribution in [3.8, 4) is 0 Å². The Bertz CT molecular complexity index is 1480. The Balaban J connectivity index is 1.71. The van der Waals surface area contributed by atoms with Crippen molar-refractivity contribution in [2.24, 2.45) is 0 Å². The fourth-order valence-corrected chi connectivity index (χ4v) is 4.91. The van der Waals surface area contributed by atoms with E-state index in [1.165, 1.54) is 0 Å². The van der Waals surface area contributed by atoms with E-state index < -0.39 is 0 Å². The van der Waals surface area contributed by atoms with Gasteiger partial charge in [-0.15, -0.1) is 0 Å². The van der Waals surface area contributed by atoms with E-state index in [4.69, 9.17) is 24.9 Å². The highest BCUT2D eigenvalue weighted by atomic mass is 15.3. The summed E-state index contributed by atoms with van der Waals surface area (Å²) in [6, 6.07) is 30.6. The Morgan fingerprint density at radius 3 is 0.750 bits per heavy atom. The molecular formula is C37H43N7. The number of nitrogens with zero attached hydrogens (tertiary/aromatic N) is 7. The van der Waals surface area contributed by atoms with Crippen molar-refractivity contribution in [3.63, 3.8) is 0 Å². The summed E-state index contributed by atoms with van der Waals surface area (Å²) in [5, 5.41) is 0. The molecule has 0 fully saturated rings. The highest BCUT2D eigenvalue weighted by molar-refractivity contribution is 5.74. The summed E-state index contributed by atoms with van der Waals surface area (Å²) in [6.07, 6.45) is 0. The van der Waals surface area contributed by atoms with Crippen molar-refractivity contribution in [3.05, 3.63) is 114 Å². The van der Waals surface area contributed by atoms with Crippen molar-refractivity contribution in [2.75, 3.05) is 9.80 Å². The van der Waals surface area contributed by atoms with Crippen LogP contribution in [0.25, 0.3) is 0 Å². The average Bonchev–Trinajstić information content (AvgIpc) is 3.02. The van der Waals surface area contributed by atoms with Crippen LogP contribution in [0.1, 0.15) is 102 Å². The van der Waals surface area contributed by atoms with Crippen LogP contribution in [-0.2, 0) is 0 Å². The molecule has 0 aromatic carbocycles. The third-order valence-electron chi connectivity index (χ3n) is 7.48. The molecule has 0 amide bonds. The monoisotopic (exact) mass is 585 g/mol. The van der Waals surface area contributed by atoms with Crippen LogP contribution in [0.5, 0.6) is 0 Å². The zero-order valence-electron chi connectivity index (χ0n) is 27.1. The first-order valence-corrected chi connectivity index (χ1v) is 15.6. The molecule has 0 aliphatic carbocycles. The minimum absolute atomic E-state index is 0.278. The molecule has 0 bridgehead atoms. The minimum Gasteiger partial charge on any atom is -0.262 e. The molecule has 0 atom stereocenters. The van der Waals surface area contributed by atoms with E-state index in [0.29, 0.717) is 11.6 Å². The van der Waals surface area contributed by atoms with Crippen LogP contribution >= 0.6 is 0 Å². The minimum atomic E-state index is 0.278. The average molecular weight is 586 g/mol. The first-order chi connectivity index (χ1) is 21.1. The van der Waals surface area contributed by atoms with Gasteiger partial charge in [-0.1, -0.05) is 85.7 Å². The molecule has 0 N–H and O–H groups in total. The fraction of sp³-hybridized carbons (Fsp3) is 0.324. The van der Waals surface area contributed by atoms with Gasteiger partial charge in [0.1, 0.15) is 34.9 Å². The number of anilines is 6. The molecule has 5 rings (SSSR count). The number of hydrogen-bond donors (Lipinski definition) is 0. The largest absolute Gasteiger partial charge is 0.262 e. The Morgan fingerprint density at radius 2 is 0.523 bits per heavy atom. The maximum absolute atomic E-state index is 5.27. The normalized spacial score (nSPS) is 11.5. The molecule has 0 saturated heterocycles. The van der Waals surface area contributed by atoms with Gasteiger partial charge in [-0.25, -0.2) is 24.9 Å². The van der Waals surface area contributed by atoms with Crippen molar-refractivity contribution in [1.82, 2.24) is 24.9 Å². The highest BCUT2D eigenvalue weighted by Crippen LogP contribution is 2.37. The quantitative estimate of drug-likeness (QED) is 0.161. The Hall–Kier alpha value is -4.65. The molecule has 7 heteroatoms. The van der Waals surface area contributed by atoms with E-state index in [1.807, 2.05) is 52.3 Å². The highest BCUT2D eigenvalue weighted by Gasteiger charge is 2.23. The summed E-state index contributed by atoms with van der Waals surface area (Å²) in [6.45, 7) is 17.2. The lowest BCUT2D eigenvalue weighted by Crippen LogP contribution is -2.19. The molecule has 5 heterocycles. The van der Waals surface area contributed by atoms with Crippen molar-refractivity contribution in [1.29, 1.82) is 0 Å². The Kier molecular flexibility index (Phi) is 9.33. The molecule has 44 heavy (non-hydrogen) atoms. The van der Waals surface area contributed by atoms with Gasteiger partial charge >= 0.3 is 0 Å². The zero-order valence-corrected chi connectivity index (χ0v) is 27.1. The second-order valence-corrected chi connectivity index (χ2v) is 12.3. The van der Waals surface area contributed by atoms with Gasteiger partial charge in [0.2, 0.25) is 0 Å². The van der Waals surface area contributed by atoms with Crippen molar-refractivity contribution >= 4 is 34.9 Å². The number of hydrogen-bond acceptors (Lipinski definition) is 7. The van der Waals surface area contributed by atoms with Crippen LogP contribution < -0.4 is 9.80 Å². The van der Waals surface area contributed by atoms with E-state index in [1.54, 1.807) is 0 Å². The Labute approximate surface area is 262 Å². The lowest BCUT2D eigenvalue weighted by molar-refractivity contribution is 0.811. The van der Waals surface area contributed by atoms with Crippen LogP contribution in [0.4, 0.5) is 34.9 Å². The van der Waals surface area contributed by atoms with Crippen LogP contribution in [0.15, 0.2) is 91.0 Å². The van der Waals surface area contributed by atoms with Crippen molar-refractivity contribution < 1.29 is 0 Å². The first-order valence-electron chi connectivity index (χ1n) is 15.6. The summed E-state index contributed by atoms with van der Waals surface area (Å²) < 4.78 is 0. The van der Waals surface area contributed by atoms with Gasteiger partial charge < -0.3 is 0 Å². The van der Waals surface area contributed by atoms with E-state index in [2.05, 4.69) is 104 Å². The van der Waals surface area contributed by atoms with Crippen LogP contribution in [0, 0.1) is 0 Å². The molecule has 0 unspecified atom stereocenters.